The number of hydrogen-bond donors (Lipinski definition) is 0. The minimum absolute atomic E-state index is 0. The van der Waals surface area contributed by atoms with Crippen LogP contribution in [0, 0.1) is 25.5 Å². The van der Waals surface area contributed by atoms with E-state index >= 15 is 0 Å². The number of carbonyl (C=O) groups excluding carboxylic acids is 1. The van der Waals surface area contributed by atoms with Crippen molar-refractivity contribution in [3.63, 3.8) is 0 Å². The highest BCUT2D eigenvalue weighted by Gasteiger charge is 2.24. The zero-order valence-electron chi connectivity index (χ0n) is 17.4. The van der Waals surface area contributed by atoms with E-state index in [4.69, 9.17) is 9.72 Å². The molecule has 0 saturated carbocycles. The summed E-state index contributed by atoms with van der Waals surface area (Å²) in [6, 6.07) is 7.28. The van der Waals surface area contributed by atoms with E-state index in [0.717, 1.165) is 46.6 Å². The van der Waals surface area contributed by atoms with E-state index in [1.54, 1.807) is 4.90 Å². The van der Waals surface area contributed by atoms with Crippen LogP contribution in [0.1, 0.15) is 21.5 Å². The third-order valence-electron chi connectivity index (χ3n) is 5.46. The number of anilines is 1. The first-order valence-corrected chi connectivity index (χ1v) is 10.7. The molecule has 1 amide bonds. The maximum atomic E-state index is 13.8. The highest BCUT2D eigenvalue weighted by molar-refractivity contribution is 7.22. The number of benzene rings is 2. The lowest BCUT2D eigenvalue weighted by molar-refractivity contribution is 0.0391. The topological polar surface area (TPSA) is 45.7 Å². The molecule has 1 aliphatic heterocycles. The molecule has 2 aromatic carbocycles. The summed E-state index contributed by atoms with van der Waals surface area (Å²) in [7, 11) is 0. The number of carbonyl (C=O) groups is 1. The second-order valence-corrected chi connectivity index (χ2v) is 8.40. The first-order valence-electron chi connectivity index (χ1n) is 9.88. The summed E-state index contributed by atoms with van der Waals surface area (Å²) in [4.78, 5) is 21.8. The summed E-state index contributed by atoms with van der Waals surface area (Å²) in [5.41, 5.74) is 3.17. The molecule has 0 atom stereocenters. The molecule has 0 spiro atoms. The zero-order valence-corrected chi connectivity index (χ0v) is 19.0. The van der Waals surface area contributed by atoms with Gasteiger partial charge in [0.1, 0.15) is 0 Å². The number of thiazole rings is 1. The fourth-order valence-corrected chi connectivity index (χ4v) is 4.51. The lowest BCUT2D eigenvalue weighted by Gasteiger charge is -2.29. The van der Waals surface area contributed by atoms with Crippen LogP contribution in [0.3, 0.4) is 0 Å². The van der Waals surface area contributed by atoms with Gasteiger partial charge in [-0.05, 0) is 49.2 Å². The van der Waals surface area contributed by atoms with Crippen molar-refractivity contribution in [3.05, 3.63) is 58.7 Å². The quantitative estimate of drug-likeness (QED) is 0.550. The Morgan fingerprint density at radius 3 is 2.61 bits per heavy atom. The summed E-state index contributed by atoms with van der Waals surface area (Å²) in [6.45, 7) is 8.00. The largest absolute Gasteiger partial charge is 0.379 e. The van der Waals surface area contributed by atoms with Gasteiger partial charge in [-0.15, -0.1) is 12.4 Å². The van der Waals surface area contributed by atoms with E-state index in [0.29, 0.717) is 31.4 Å². The first-order chi connectivity index (χ1) is 14.4. The third-order valence-corrected chi connectivity index (χ3v) is 6.50. The molecule has 1 saturated heterocycles. The Labute approximate surface area is 190 Å². The van der Waals surface area contributed by atoms with Crippen molar-refractivity contribution in [3.8, 4) is 0 Å². The van der Waals surface area contributed by atoms with E-state index in [2.05, 4.69) is 4.90 Å². The van der Waals surface area contributed by atoms with Crippen molar-refractivity contribution in [2.75, 3.05) is 44.3 Å². The summed E-state index contributed by atoms with van der Waals surface area (Å²) in [6.07, 6.45) is 0. The molecule has 1 aromatic heterocycles. The van der Waals surface area contributed by atoms with Crippen LogP contribution >= 0.6 is 23.7 Å². The average molecular weight is 468 g/mol. The van der Waals surface area contributed by atoms with Gasteiger partial charge in [-0.25, -0.2) is 13.8 Å². The van der Waals surface area contributed by atoms with Gasteiger partial charge in [0.15, 0.2) is 16.8 Å². The molecule has 0 radical (unpaired) electrons. The third kappa shape index (κ3) is 5.03. The number of morpholine rings is 1. The maximum Gasteiger partial charge on any atom is 0.260 e. The van der Waals surface area contributed by atoms with Gasteiger partial charge in [0, 0.05) is 31.7 Å². The predicted octanol–water partition coefficient (Wildman–Crippen LogP) is 4.59. The Balaban J connectivity index is 0.00000272. The molecule has 0 N–H and O–H groups in total. The standard InChI is InChI=1S/C22H23F2N3O2S.ClH/c1-14-3-6-19-20(15(14)2)25-22(30-19)27(8-7-26-9-11-29-12-10-26)21(28)16-4-5-17(23)18(24)13-16;/h3-6,13H,7-12H2,1-2H3;1H. The molecule has 4 rings (SSSR count). The Hall–Kier alpha value is -2.13. The Morgan fingerprint density at radius 1 is 1.16 bits per heavy atom. The molecule has 3 aromatic rings. The predicted molar refractivity (Wildman–Crippen MR) is 122 cm³/mol. The zero-order chi connectivity index (χ0) is 21.3. The minimum atomic E-state index is -1.04. The van der Waals surface area contributed by atoms with Crippen molar-refractivity contribution in [1.29, 1.82) is 0 Å². The molecule has 1 fully saturated rings. The minimum Gasteiger partial charge on any atom is -0.379 e. The molecule has 0 bridgehead atoms. The number of hydrogen-bond acceptors (Lipinski definition) is 5. The van der Waals surface area contributed by atoms with Gasteiger partial charge in [-0.1, -0.05) is 17.4 Å². The molecule has 0 aliphatic carbocycles. The number of amides is 1. The van der Waals surface area contributed by atoms with Crippen LogP contribution in [0.4, 0.5) is 13.9 Å². The van der Waals surface area contributed by atoms with E-state index in [-0.39, 0.29) is 18.0 Å². The summed E-state index contributed by atoms with van der Waals surface area (Å²) < 4.78 is 33.5. The lowest BCUT2D eigenvalue weighted by Crippen LogP contribution is -2.43. The second kappa shape index (κ2) is 9.99. The molecule has 9 heteroatoms. The van der Waals surface area contributed by atoms with E-state index in [9.17, 15) is 13.6 Å². The monoisotopic (exact) mass is 467 g/mol. The van der Waals surface area contributed by atoms with Crippen molar-refractivity contribution in [2.45, 2.75) is 13.8 Å². The number of rotatable bonds is 5. The van der Waals surface area contributed by atoms with Crippen molar-refractivity contribution in [2.24, 2.45) is 0 Å². The van der Waals surface area contributed by atoms with Gasteiger partial charge < -0.3 is 4.74 Å². The van der Waals surface area contributed by atoms with Gasteiger partial charge >= 0.3 is 0 Å². The van der Waals surface area contributed by atoms with Gasteiger partial charge in [0.05, 0.1) is 23.4 Å². The molecule has 1 aliphatic rings. The fraction of sp³-hybridized carbons (Fsp3) is 0.364. The number of ether oxygens (including phenoxy) is 1. The van der Waals surface area contributed by atoms with Crippen LogP contribution in [0.2, 0.25) is 0 Å². The van der Waals surface area contributed by atoms with Crippen LogP contribution < -0.4 is 4.90 Å². The number of aryl methyl sites for hydroxylation is 2. The molecule has 166 valence electrons. The summed E-state index contributed by atoms with van der Waals surface area (Å²) in [5.74, 6) is -2.40. The van der Waals surface area contributed by atoms with Gasteiger partial charge in [0.2, 0.25) is 0 Å². The average Bonchev–Trinajstić information content (AvgIpc) is 3.18. The summed E-state index contributed by atoms with van der Waals surface area (Å²) >= 11 is 1.43. The SMILES string of the molecule is Cc1ccc2sc(N(CCN3CCOCC3)C(=O)c3ccc(F)c(F)c3)nc2c1C.Cl. The van der Waals surface area contributed by atoms with Crippen LogP contribution in [-0.2, 0) is 4.74 Å². The van der Waals surface area contributed by atoms with Crippen LogP contribution in [-0.4, -0.2) is 55.2 Å². The number of halogens is 3. The Morgan fingerprint density at radius 2 is 1.90 bits per heavy atom. The number of fused-ring (bicyclic) bond motifs is 1. The number of aromatic nitrogens is 1. The first kappa shape index (κ1) is 23.5. The number of nitrogens with zero attached hydrogens (tertiary/aromatic N) is 3. The van der Waals surface area contributed by atoms with E-state index < -0.39 is 17.5 Å². The van der Waals surface area contributed by atoms with Gasteiger partial charge in [-0.3, -0.25) is 14.6 Å². The van der Waals surface area contributed by atoms with E-state index in [1.807, 2.05) is 26.0 Å². The van der Waals surface area contributed by atoms with Crippen molar-refractivity contribution >= 4 is 45.0 Å². The second-order valence-electron chi connectivity index (χ2n) is 7.39. The van der Waals surface area contributed by atoms with Gasteiger partial charge in [0.25, 0.3) is 5.91 Å². The van der Waals surface area contributed by atoms with Crippen LogP contribution in [0.15, 0.2) is 30.3 Å². The molecule has 31 heavy (non-hydrogen) atoms. The Kier molecular flexibility index (Phi) is 7.59. The smallest absolute Gasteiger partial charge is 0.260 e. The van der Waals surface area contributed by atoms with Crippen molar-refractivity contribution in [1.82, 2.24) is 9.88 Å². The van der Waals surface area contributed by atoms with Gasteiger partial charge in [-0.2, -0.15) is 0 Å². The fourth-order valence-electron chi connectivity index (χ4n) is 3.47. The highest BCUT2D eigenvalue weighted by Crippen LogP contribution is 2.32. The van der Waals surface area contributed by atoms with Crippen molar-refractivity contribution < 1.29 is 18.3 Å². The molecular formula is C22H24ClF2N3O2S. The van der Waals surface area contributed by atoms with Crippen LogP contribution in [0.5, 0.6) is 0 Å². The molecule has 0 unspecified atom stereocenters. The normalized spacial score (nSPS) is 14.5. The highest BCUT2D eigenvalue weighted by atomic mass is 35.5. The summed E-state index contributed by atoms with van der Waals surface area (Å²) in [5, 5.41) is 0.557. The molecular weight excluding hydrogens is 444 g/mol. The van der Waals surface area contributed by atoms with Crippen LogP contribution in [0.25, 0.3) is 10.2 Å². The Bertz CT molecular complexity index is 1090. The van der Waals surface area contributed by atoms with E-state index in [1.165, 1.54) is 17.4 Å². The lowest BCUT2D eigenvalue weighted by atomic mass is 10.1. The molecule has 5 nitrogen and oxygen atoms in total. The molecule has 2 heterocycles. The maximum absolute atomic E-state index is 13.8.